The van der Waals surface area contributed by atoms with Crippen molar-refractivity contribution in [2.24, 2.45) is 0 Å². The van der Waals surface area contributed by atoms with Crippen LogP contribution in [0.25, 0.3) is 34.0 Å². The molecule has 0 aliphatic rings. The van der Waals surface area contributed by atoms with Crippen LogP contribution in [0.3, 0.4) is 0 Å². The Hall–Kier alpha value is -2.24. The third-order valence-electron chi connectivity index (χ3n) is 4.22. The molecule has 25 heavy (non-hydrogen) atoms. The summed E-state index contributed by atoms with van der Waals surface area (Å²) in [6, 6.07) is 10.4. The number of aromatic amines is 1. The molecule has 4 rings (SSSR count). The van der Waals surface area contributed by atoms with Crippen molar-refractivity contribution in [3.63, 3.8) is 0 Å². The average Bonchev–Trinajstić information content (AvgIpc) is 3.25. The van der Waals surface area contributed by atoms with E-state index >= 15 is 0 Å². The van der Waals surface area contributed by atoms with Gasteiger partial charge in [-0.3, -0.25) is 4.98 Å². The van der Waals surface area contributed by atoms with Crippen molar-refractivity contribution in [1.82, 2.24) is 15.0 Å². The first kappa shape index (κ1) is 16.2. The number of hydrogen-bond acceptors (Lipinski definition) is 4. The molecule has 0 atom stereocenters. The van der Waals surface area contributed by atoms with E-state index in [2.05, 4.69) is 49.8 Å². The Kier molecular flexibility index (Phi) is 4.06. The molecule has 4 aromatic rings. The van der Waals surface area contributed by atoms with Gasteiger partial charge in [-0.15, -0.1) is 22.7 Å². The van der Waals surface area contributed by atoms with Gasteiger partial charge >= 0.3 is 0 Å². The summed E-state index contributed by atoms with van der Waals surface area (Å²) in [7, 11) is 0. The average molecular weight is 366 g/mol. The number of aromatic nitrogens is 3. The predicted molar refractivity (Wildman–Crippen MR) is 107 cm³/mol. The van der Waals surface area contributed by atoms with Crippen LogP contribution in [0.2, 0.25) is 0 Å². The maximum atomic E-state index is 4.94. The zero-order valence-corrected chi connectivity index (χ0v) is 16.3. The fourth-order valence-corrected chi connectivity index (χ4v) is 4.99. The molecule has 4 aromatic heterocycles. The molecule has 0 aromatic carbocycles. The first-order valence-corrected chi connectivity index (χ1v) is 9.82. The summed E-state index contributed by atoms with van der Waals surface area (Å²) < 4.78 is 0. The van der Waals surface area contributed by atoms with E-state index < -0.39 is 0 Å². The van der Waals surface area contributed by atoms with Crippen LogP contribution < -0.4 is 0 Å². The van der Waals surface area contributed by atoms with Gasteiger partial charge in [-0.2, -0.15) is 0 Å². The Labute approximate surface area is 155 Å². The Balaban J connectivity index is 1.96. The van der Waals surface area contributed by atoms with Gasteiger partial charge in [-0.05, 0) is 52.0 Å². The fourth-order valence-electron chi connectivity index (χ4n) is 3.13. The Bertz CT molecular complexity index is 975. The molecule has 0 saturated heterocycles. The molecular formula is C20H19N3S2. The second kappa shape index (κ2) is 6.24. The van der Waals surface area contributed by atoms with Crippen LogP contribution in [0.5, 0.6) is 0 Å². The molecule has 1 N–H and O–H groups in total. The summed E-state index contributed by atoms with van der Waals surface area (Å²) >= 11 is 3.64. The molecule has 0 spiro atoms. The van der Waals surface area contributed by atoms with E-state index in [1.807, 2.05) is 40.9 Å². The topological polar surface area (TPSA) is 41.6 Å². The highest BCUT2D eigenvalue weighted by molar-refractivity contribution is 7.12. The van der Waals surface area contributed by atoms with Crippen molar-refractivity contribution >= 4 is 22.7 Å². The quantitative estimate of drug-likeness (QED) is 0.472. The lowest BCUT2D eigenvalue weighted by Gasteiger charge is -2.01. The molecular weight excluding hydrogens is 346 g/mol. The number of hydrogen-bond donors (Lipinski definition) is 1. The lowest BCUT2D eigenvalue weighted by atomic mass is 10.1. The van der Waals surface area contributed by atoms with Gasteiger partial charge in [0.2, 0.25) is 0 Å². The minimum Gasteiger partial charge on any atom is -0.336 e. The highest BCUT2D eigenvalue weighted by Gasteiger charge is 2.20. The largest absolute Gasteiger partial charge is 0.336 e. The number of H-pyrrole nitrogens is 1. The molecule has 0 unspecified atom stereocenters. The second-order valence-corrected chi connectivity index (χ2v) is 9.10. The van der Waals surface area contributed by atoms with Gasteiger partial charge in [-0.25, -0.2) is 4.98 Å². The van der Waals surface area contributed by atoms with Crippen molar-refractivity contribution < 1.29 is 0 Å². The van der Waals surface area contributed by atoms with E-state index in [1.165, 1.54) is 30.6 Å². The Morgan fingerprint density at radius 2 is 1.56 bits per heavy atom. The van der Waals surface area contributed by atoms with Gasteiger partial charge in [0.25, 0.3) is 0 Å². The molecule has 0 radical (unpaired) electrons. The highest BCUT2D eigenvalue weighted by atomic mass is 32.1. The van der Waals surface area contributed by atoms with E-state index in [-0.39, 0.29) is 0 Å². The normalized spacial score (nSPS) is 11.2. The molecule has 0 amide bonds. The monoisotopic (exact) mass is 365 g/mol. The van der Waals surface area contributed by atoms with Gasteiger partial charge in [0, 0.05) is 36.8 Å². The Morgan fingerprint density at radius 3 is 2.12 bits per heavy atom. The third kappa shape index (κ3) is 2.94. The molecule has 0 fully saturated rings. The standard InChI is InChI=1S/C20H19N3S2/c1-11-9-15(13(3)24-11)18-19(16-10-12(2)25-14(16)4)23-20(22-18)17-7-5-6-8-21-17/h5-10H,1-4H3,(H,22,23). The molecule has 0 saturated carbocycles. The van der Waals surface area contributed by atoms with E-state index in [0.29, 0.717) is 0 Å². The number of thiophene rings is 2. The summed E-state index contributed by atoms with van der Waals surface area (Å²) in [5.41, 5.74) is 5.41. The maximum Gasteiger partial charge on any atom is 0.157 e. The number of imidazole rings is 1. The van der Waals surface area contributed by atoms with E-state index in [0.717, 1.165) is 22.9 Å². The zero-order chi connectivity index (χ0) is 17.6. The van der Waals surface area contributed by atoms with E-state index in [9.17, 15) is 0 Å². The van der Waals surface area contributed by atoms with Gasteiger partial charge in [0.15, 0.2) is 5.82 Å². The van der Waals surface area contributed by atoms with Gasteiger partial charge < -0.3 is 4.98 Å². The minimum atomic E-state index is 0.817. The number of nitrogens with one attached hydrogen (secondary N) is 1. The van der Waals surface area contributed by atoms with Crippen molar-refractivity contribution in [1.29, 1.82) is 0 Å². The van der Waals surface area contributed by atoms with Crippen molar-refractivity contribution in [3.05, 3.63) is 56.0 Å². The van der Waals surface area contributed by atoms with Gasteiger partial charge in [0.05, 0.1) is 11.4 Å². The first-order chi connectivity index (χ1) is 12.0. The van der Waals surface area contributed by atoms with Crippen LogP contribution in [0.1, 0.15) is 19.5 Å². The highest BCUT2D eigenvalue weighted by Crippen LogP contribution is 2.40. The SMILES string of the molecule is Cc1cc(-c2nc(-c3ccccn3)[nH]c2-c2cc(C)sc2C)c(C)s1. The molecule has 0 bridgehead atoms. The Morgan fingerprint density at radius 1 is 0.880 bits per heavy atom. The fraction of sp³-hybridized carbons (Fsp3) is 0.200. The lowest BCUT2D eigenvalue weighted by molar-refractivity contribution is 1.22. The van der Waals surface area contributed by atoms with Crippen LogP contribution in [0, 0.1) is 27.7 Å². The molecule has 126 valence electrons. The molecule has 5 heteroatoms. The molecule has 0 aliphatic heterocycles. The number of pyridine rings is 1. The minimum absolute atomic E-state index is 0.817. The summed E-state index contributed by atoms with van der Waals surface area (Å²) in [5, 5.41) is 0. The van der Waals surface area contributed by atoms with Crippen LogP contribution in [-0.4, -0.2) is 15.0 Å². The van der Waals surface area contributed by atoms with Crippen molar-refractivity contribution in [2.75, 3.05) is 0 Å². The van der Waals surface area contributed by atoms with Crippen LogP contribution in [0.15, 0.2) is 36.5 Å². The summed E-state index contributed by atoms with van der Waals surface area (Å²) in [5.74, 6) is 0.817. The first-order valence-electron chi connectivity index (χ1n) is 8.19. The van der Waals surface area contributed by atoms with Crippen LogP contribution >= 0.6 is 22.7 Å². The van der Waals surface area contributed by atoms with E-state index in [1.54, 1.807) is 6.20 Å². The summed E-state index contributed by atoms with van der Waals surface area (Å²) in [6.45, 7) is 8.63. The molecule has 0 aliphatic carbocycles. The molecule has 3 nitrogen and oxygen atoms in total. The summed E-state index contributed by atoms with van der Waals surface area (Å²) in [4.78, 5) is 18.2. The predicted octanol–water partition coefficient (Wildman–Crippen LogP) is 6.16. The van der Waals surface area contributed by atoms with Crippen molar-refractivity contribution in [3.8, 4) is 34.0 Å². The van der Waals surface area contributed by atoms with Crippen LogP contribution in [0.4, 0.5) is 0 Å². The maximum absolute atomic E-state index is 4.94. The lowest BCUT2D eigenvalue weighted by Crippen LogP contribution is -1.84. The summed E-state index contributed by atoms with van der Waals surface area (Å²) in [6.07, 6.45) is 1.80. The number of aryl methyl sites for hydroxylation is 4. The third-order valence-corrected chi connectivity index (χ3v) is 6.15. The number of rotatable bonds is 3. The van der Waals surface area contributed by atoms with Gasteiger partial charge in [-0.1, -0.05) is 6.07 Å². The van der Waals surface area contributed by atoms with Gasteiger partial charge in [0.1, 0.15) is 5.69 Å². The van der Waals surface area contributed by atoms with E-state index in [4.69, 9.17) is 4.98 Å². The second-order valence-electron chi connectivity index (χ2n) is 6.18. The molecule has 4 heterocycles. The van der Waals surface area contributed by atoms with Crippen LogP contribution in [-0.2, 0) is 0 Å². The smallest absolute Gasteiger partial charge is 0.157 e. The number of nitrogens with zero attached hydrogens (tertiary/aromatic N) is 2. The zero-order valence-electron chi connectivity index (χ0n) is 14.7. The van der Waals surface area contributed by atoms with Crippen molar-refractivity contribution in [2.45, 2.75) is 27.7 Å².